The Morgan fingerprint density at radius 1 is 1.33 bits per heavy atom. The van der Waals surface area contributed by atoms with Gasteiger partial charge >= 0.3 is 5.97 Å². The monoisotopic (exact) mass is 293 g/mol. The lowest BCUT2D eigenvalue weighted by Gasteiger charge is -2.40. The number of morpholine rings is 1. The SMILES string of the molecule is COc1ccc(CCC(C)(C(=O)O)N2CCOCC2)cc1. The van der Waals surface area contributed by atoms with Crippen molar-refractivity contribution < 1.29 is 19.4 Å². The quantitative estimate of drug-likeness (QED) is 0.866. The van der Waals surface area contributed by atoms with E-state index in [9.17, 15) is 9.90 Å². The van der Waals surface area contributed by atoms with E-state index in [0.29, 0.717) is 32.7 Å². The maximum absolute atomic E-state index is 11.7. The lowest BCUT2D eigenvalue weighted by atomic mass is 9.91. The van der Waals surface area contributed by atoms with E-state index in [1.54, 1.807) is 7.11 Å². The van der Waals surface area contributed by atoms with E-state index in [4.69, 9.17) is 9.47 Å². The van der Waals surface area contributed by atoms with Gasteiger partial charge in [0, 0.05) is 13.1 Å². The van der Waals surface area contributed by atoms with E-state index >= 15 is 0 Å². The summed E-state index contributed by atoms with van der Waals surface area (Å²) in [5.41, 5.74) is 0.278. The van der Waals surface area contributed by atoms with Gasteiger partial charge in [-0.05, 0) is 37.5 Å². The van der Waals surface area contributed by atoms with Gasteiger partial charge in [-0.2, -0.15) is 0 Å². The Morgan fingerprint density at radius 2 is 1.95 bits per heavy atom. The Balaban J connectivity index is 2.03. The van der Waals surface area contributed by atoms with Crippen LogP contribution in [0.5, 0.6) is 5.75 Å². The highest BCUT2D eigenvalue weighted by molar-refractivity contribution is 5.78. The first-order valence-corrected chi connectivity index (χ1v) is 7.25. The van der Waals surface area contributed by atoms with E-state index in [0.717, 1.165) is 17.7 Å². The number of hydrogen-bond acceptors (Lipinski definition) is 4. The molecule has 2 rings (SSSR count). The molecule has 0 amide bonds. The predicted octanol–water partition coefficient (Wildman–Crippen LogP) is 1.80. The third kappa shape index (κ3) is 3.74. The van der Waals surface area contributed by atoms with Gasteiger partial charge in [0.2, 0.25) is 0 Å². The van der Waals surface area contributed by atoms with Crippen molar-refractivity contribution in [1.29, 1.82) is 0 Å². The molecule has 1 unspecified atom stereocenters. The number of rotatable bonds is 6. The van der Waals surface area contributed by atoms with Gasteiger partial charge in [0.1, 0.15) is 11.3 Å². The topological polar surface area (TPSA) is 59.0 Å². The van der Waals surface area contributed by atoms with Crippen LogP contribution in [-0.2, 0) is 16.0 Å². The minimum Gasteiger partial charge on any atom is -0.497 e. The number of aryl methyl sites for hydroxylation is 1. The van der Waals surface area contributed by atoms with Crippen molar-refractivity contribution in [2.75, 3.05) is 33.4 Å². The second kappa shape index (κ2) is 6.91. The lowest BCUT2D eigenvalue weighted by Crippen LogP contribution is -2.56. The van der Waals surface area contributed by atoms with Crippen LogP contribution < -0.4 is 4.74 Å². The molecule has 1 saturated heterocycles. The van der Waals surface area contributed by atoms with Crippen molar-refractivity contribution in [3.05, 3.63) is 29.8 Å². The first-order valence-electron chi connectivity index (χ1n) is 7.25. The Morgan fingerprint density at radius 3 is 2.48 bits per heavy atom. The normalized spacial score (nSPS) is 19.0. The number of carboxylic acids is 1. The molecule has 21 heavy (non-hydrogen) atoms. The Hall–Kier alpha value is -1.59. The van der Waals surface area contributed by atoms with Gasteiger partial charge in [0.15, 0.2) is 0 Å². The molecule has 0 saturated carbocycles. The van der Waals surface area contributed by atoms with Gasteiger partial charge in [-0.3, -0.25) is 9.69 Å². The van der Waals surface area contributed by atoms with Gasteiger partial charge in [0.05, 0.1) is 20.3 Å². The van der Waals surface area contributed by atoms with Crippen LogP contribution in [-0.4, -0.2) is 54.9 Å². The average molecular weight is 293 g/mol. The van der Waals surface area contributed by atoms with E-state index in [1.165, 1.54) is 0 Å². The van der Waals surface area contributed by atoms with Crippen LogP contribution >= 0.6 is 0 Å². The zero-order valence-corrected chi connectivity index (χ0v) is 12.7. The van der Waals surface area contributed by atoms with Crippen LogP contribution in [0.3, 0.4) is 0 Å². The number of methoxy groups -OCH3 is 1. The number of aliphatic carboxylic acids is 1. The molecule has 1 aromatic rings. The minimum absolute atomic E-state index is 0.578. The van der Waals surface area contributed by atoms with Gasteiger partial charge in [-0.25, -0.2) is 0 Å². The molecule has 0 aromatic heterocycles. The van der Waals surface area contributed by atoms with Crippen LogP contribution in [0.25, 0.3) is 0 Å². The van der Waals surface area contributed by atoms with Crippen molar-refractivity contribution in [3.8, 4) is 5.75 Å². The summed E-state index contributed by atoms with van der Waals surface area (Å²) in [5.74, 6) is 0.0471. The van der Waals surface area contributed by atoms with E-state index in [2.05, 4.69) is 0 Å². The van der Waals surface area contributed by atoms with E-state index < -0.39 is 11.5 Å². The molecule has 1 heterocycles. The Labute approximate surface area is 125 Å². The highest BCUT2D eigenvalue weighted by Gasteiger charge is 2.39. The van der Waals surface area contributed by atoms with Crippen molar-refractivity contribution >= 4 is 5.97 Å². The number of hydrogen-bond donors (Lipinski definition) is 1. The van der Waals surface area contributed by atoms with Gasteiger partial charge in [-0.1, -0.05) is 12.1 Å². The molecule has 0 aliphatic carbocycles. The van der Waals surface area contributed by atoms with Crippen molar-refractivity contribution in [3.63, 3.8) is 0 Å². The largest absolute Gasteiger partial charge is 0.497 e. The fourth-order valence-corrected chi connectivity index (χ4v) is 2.64. The zero-order valence-electron chi connectivity index (χ0n) is 12.7. The van der Waals surface area contributed by atoms with Crippen LogP contribution in [0.2, 0.25) is 0 Å². The summed E-state index contributed by atoms with van der Waals surface area (Å²) in [6.07, 6.45) is 1.30. The molecule has 1 atom stereocenters. The van der Waals surface area contributed by atoms with Gasteiger partial charge in [-0.15, -0.1) is 0 Å². The maximum Gasteiger partial charge on any atom is 0.323 e. The maximum atomic E-state index is 11.7. The molecule has 1 fully saturated rings. The highest BCUT2D eigenvalue weighted by Crippen LogP contribution is 2.24. The summed E-state index contributed by atoms with van der Waals surface area (Å²) in [4.78, 5) is 13.8. The van der Waals surface area contributed by atoms with Crippen LogP contribution in [0.1, 0.15) is 18.9 Å². The number of carboxylic acid groups (broad SMARTS) is 1. The molecule has 0 radical (unpaired) electrons. The molecular formula is C16H23NO4. The molecule has 5 nitrogen and oxygen atoms in total. The third-order valence-electron chi connectivity index (χ3n) is 4.23. The smallest absolute Gasteiger partial charge is 0.323 e. The predicted molar refractivity (Wildman–Crippen MR) is 79.7 cm³/mol. The average Bonchev–Trinajstić information content (AvgIpc) is 2.53. The van der Waals surface area contributed by atoms with E-state index in [-0.39, 0.29) is 0 Å². The fraction of sp³-hybridized carbons (Fsp3) is 0.562. The Kier molecular flexibility index (Phi) is 5.20. The number of carbonyl (C=O) groups is 1. The first-order chi connectivity index (χ1) is 10.1. The summed E-state index contributed by atoms with van der Waals surface area (Å²) in [7, 11) is 1.63. The molecule has 0 bridgehead atoms. The minimum atomic E-state index is -0.844. The highest BCUT2D eigenvalue weighted by atomic mass is 16.5. The Bertz CT molecular complexity index is 468. The number of nitrogens with zero attached hydrogens (tertiary/aromatic N) is 1. The molecule has 1 N–H and O–H groups in total. The molecule has 5 heteroatoms. The summed E-state index contributed by atoms with van der Waals surface area (Å²) >= 11 is 0. The van der Waals surface area contributed by atoms with Crippen LogP contribution in [0.15, 0.2) is 24.3 Å². The summed E-state index contributed by atoms with van der Waals surface area (Å²) in [6.45, 7) is 4.36. The molecule has 1 aliphatic heterocycles. The summed E-state index contributed by atoms with van der Waals surface area (Å²) < 4.78 is 10.4. The van der Waals surface area contributed by atoms with E-state index in [1.807, 2.05) is 36.1 Å². The van der Waals surface area contributed by atoms with Gasteiger partial charge < -0.3 is 14.6 Å². The molecular weight excluding hydrogens is 270 g/mol. The third-order valence-corrected chi connectivity index (χ3v) is 4.23. The summed E-state index contributed by atoms with van der Waals surface area (Å²) in [6, 6.07) is 7.78. The number of ether oxygens (including phenoxy) is 2. The second-order valence-electron chi connectivity index (χ2n) is 5.53. The zero-order chi connectivity index (χ0) is 15.3. The van der Waals surface area contributed by atoms with Crippen molar-refractivity contribution in [2.24, 2.45) is 0 Å². The van der Waals surface area contributed by atoms with Gasteiger partial charge in [0.25, 0.3) is 0 Å². The summed E-state index contributed by atoms with van der Waals surface area (Å²) in [5, 5.41) is 9.64. The molecule has 116 valence electrons. The van der Waals surface area contributed by atoms with Crippen molar-refractivity contribution in [2.45, 2.75) is 25.3 Å². The molecule has 1 aliphatic rings. The molecule has 0 spiro atoms. The van der Waals surface area contributed by atoms with Crippen molar-refractivity contribution in [1.82, 2.24) is 4.90 Å². The fourth-order valence-electron chi connectivity index (χ4n) is 2.64. The molecule has 1 aromatic carbocycles. The lowest BCUT2D eigenvalue weighted by molar-refractivity contribution is -0.154. The van der Waals surface area contributed by atoms with Crippen LogP contribution in [0, 0.1) is 0 Å². The second-order valence-corrected chi connectivity index (χ2v) is 5.53. The standard InChI is InChI=1S/C16H23NO4/c1-16(15(18)19,17-9-11-21-12-10-17)8-7-13-3-5-14(20-2)6-4-13/h3-6H,7-12H2,1-2H3,(H,18,19). The first kappa shape index (κ1) is 15.8. The van der Waals surface area contributed by atoms with Crippen LogP contribution in [0.4, 0.5) is 0 Å². The number of benzene rings is 1.